The molecule has 3 heterocycles. The molecule has 8 rings (SSSR count). The number of aromatic nitrogens is 3. The summed E-state index contributed by atoms with van der Waals surface area (Å²) in [5, 5.41) is 3.83. The van der Waals surface area contributed by atoms with Crippen molar-refractivity contribution in [2.24, 2.45) is 5.41 Å². The summed E-state index contributed by atoms with van der Waals surface area (Å²) in [6.45, 7) is 16.9. The van der Waals surface area contributed by atoms with Gasteiger partial charge in [-0.1, -0.05) is 96.7 Å². The third-order valence-electron chi connectivity index (χ3n) is 9.08. The summed E-state index contributed by atoms with van der Waals surface area (Å²) in [6.07, 6.45) is 4.32. The molecule has 265 valence electrons. The second kappa shape index (κ2) is 14.7. The predicted octanol–water partition coefficient (Wildman–Crippen LogP) is 12.5. The van der Waals surface area contributed by atoms with E-state index in [0.717, 1.165) is 77.3 Å². The van der Waals surface area contributed by atoms with Gasteiger partial charge in [-0.25, -0.2) is 4.39 Å². The van der Waals surface area contributed by atoms with Crippen LogP contribution in [0, 0.1) is 44.1 Å². The van der Waals surface area contributed by atoms with E-state index in [4.69, 9.17) is 9.40 Å². The summed E-state index contributed by atoms with van der Waals surface area (Å²) < 4.78 is 21.2. The number of aryl methyl sites for hydroxylation is 3. The van der Waals surface area contributed by atoms with Crippen molar-refractivity contribution in [3.63, 3.8) is 0 Å². The summed E-state index contributed by atoms with van der Waals surface area (Å²) in [5.74, 6) is 0.252. The number of hydrogen-bond donors (Lipinski definition) is 0. The van der Waals surface area contributed by atoms with Crippen molar-refractivity contribution in [3.8, 4) is 22.5 Å². The van der Waals surface area contributed by atoms with E-state index in [0.29, 0.717) is 18.0 Å². The molecule has 8 aromatic rings. The Labute approximate surface area is 318 Å². The molecule has 0 atom stereocenters. The standard InChI is InChI=1S/C27H23FNO.C19H19N2.Ir/c1-16-11-21-19-7-5-6-8-24(19)30-26(21)22(12-16)25-20-14-23(28)18(15-27(2,3)4)13-17(20)9-10-29-25;1-12(2)16-6-5-7-17-19(16)20-11-18(21-17)15-9-13(3)8-14(4)10-15;/h5-11,13-14H,15H2,1-4H3;5-9,11-12H,1-4H3;/q2*-1;. The Morgan fingerprint density at radius 3 is 2.33 bits per heavy atom. The van der Waals surface area contributed by atoms with Crippen molar-refractivity contribution < 1.29 is 28.9 Å². The minimum Gasteiger partial charge on any atom is -0.501 e. The van der Waals surface area contributed by atoms with Gasteiger partial charge >= 0.3 is 0 Å². The summed E-state index contributed by atoms with van der Waals surface area (Å²) in [7, 11) is 0. The van der Waals surface area contributed by atoms with Crippen molar-refractivity contribution in [2.75, 3.05) is 0 Å². The molecule has 0 saturated carbocycles. The SMILES string of the molecule is Cc1[c-]c(-c2cnc3c(C(C)C)cccc3n2)cc(C)c1.Cc1[c-]c(-c2nccc3cc(CC(C)(C)C)c(F)cc23)c2oc3ccccc3c2c1.[Ir]. The molecule has 0 saturated heterocycles. The topological polar surface area (TPSA) is 51.8 Å². The number of furan rings is 1. The van der Waals surface area contributed by atoms with Gasteiger partial charge in [0.2, 0.25) is 0 Å². The van der Waals surface area contributed by atoms with Gasteiger partial charge in [0, 0.05) is 43.6 Å². The van der Waals surface area contributed by atoms with E-state index in [-0.39, 0.29) is 31.3 Å². The van der Waals surface area contributed by atoms with Crippen LogP contribution < -0.4 is 0 Å². The predicted molar refractivity (Wildman–Crippen MR) is 209 cm³/mol. The number of nitrogens with zero attached hydrogens (tertiary/aromatic N) is 3. The van der Waals surface area contributed by atoms with Gasteiger partial charge in [-0.05, 0) is 75.7 Å². The Morgan fingerprint density at radius 2 is 1.58 bits per heavy atom. The molecule has 0 aliphatic heterocycles. The van der Waals surface area contributed by atoms with Crippen LogP contribution in [-0.4, -0.2) is 15.0 Å². The number of hydrogen-bond acceptors (Lipinski definition) is 4. The average molecular weight is 864 g/mol. The molecule has 3 aromatic heterocycles. The van der Waals surface area contributed by atoms with Gasteiger partial charge in [-0.3, -0.25) is 9.97 Å². The van der Waals surface area contributed by atoms with Crippen LogP contribution in [0.2, 0.25) is 0 Å². The van der Waals surface area contributed by atoms with Crippen molar-refractivity contribution in [1.82, 2.24) is 15.0 Å². The van der Waals surface area contributed by atoms with Crippen molar-refractivity contribution in [3.05, 3.63) is 137 Å². The third kappa shape index (κ3) is 7.55. The molecule has 52 heavy (non-hydrogen) atoms. The summed E-state index contributed by atoms with van der Waals surface area (Å²) in [5.41, 5.74) is 12.2. The Bertz CT molecular complexity index is 2560. The molecule has 0 unspecified atom stereocenters. The van der Waals surface area contributed by atoms with E-state index in [1.807, 2.05) is 49.5 Å². The van der Waals surface area contributed by atoms with Crippen LogP contribution in [0.5, 0.6) is 0 Å². The van der Waals surface area contributed by atoms with Crippen LogP contribution in [0.25, 0.3) is 66.3 Å². The van der Waals surface area contributed by atoms with Crippen molar-refractivity contribution >= 4 is 43.7 Å². The first-order valence-corrected chi connectivity index (χ1v) is 17.5. The number of benzene rings is 5. The molecule has 0 N–H and O–H groups in total. The average Bonchev–Trinajstić information content (AvgIpc) is 3.45. The molecule has 0 spiro atoms. The maximum absolute atomic E-state index is 15.0. The fourth-order valence-corrected chi connectivity index (χ4v) is 6.91. The van der Waals surface area contributed by atoms with E-state index in [9.17, 15) is 0 Å². The Hall–Kier alpha value is -4.77. The second-order valence-corrected chi connectivity index (χ2v) is 15.1. The number of halogens is 1. The number of fused-ring (bicyclic) bond motifs is 5. The molecule has 6 heteroatoms. The summed E-state index contributed by atoms with van der Waals surface area (Å²) >= 11 is 0. The van der Waals surface area contributed by atoms with Crippen molar-refractivity contribution in [2.45, 2.75) is 67.7 Å². The van der Waals surface area contributed by atoms with E-state index >= 15 is 4.39 Å². The van der Waals surface area contributed by atoms with Crippen LogP contribution in [0.3, 0.4) is 0 Å². The monoisotopic (exact) mass is 864 g/mol. The van der Waals surface area contributed by atoms with Crippen LogP contribution in [0.4, 0.5) is 4.39 Å². The molecule has 0 aliphatic carbocycles. The fraction of sp³-hybridized carbons (Fsp3) is 0.239. The normalized spacial score (nSPS) is 11.7. The molecule has 0 fully saturated rings. The summed E-state index contributed by atoms with van der Waals surface area (Å²) in [6, 6.07) is 32.8. The molecule has 0 bridgehead atoms. The Morgan fingerprint density at radius 1 is 0.808 bits per heavy atom. The van der Waals surface area contributed by atoms with Crippen LogP contribution in [0.15, 0.2) is 95.7 Å². The van der Waals surface area contributed by atoms with Crippen LogP contribution in [-0.2, 0) is 26.5 Å². The molecular weight excluding hydrogens is 822 g/mol. The first-order chi connectivity index (χ1) is 24.3. The van der Waals surface area contributed by atoms with Crippen LogP contribution >= 0.6 is 0 Å². The molecule has 0 aliphatic rings. The van der Waals surface area contributed by atoms with Crippen molar-refractivity contribution in [1.29, 1.82) is 0 Å². The molecule has 4 nitrogen and oxygen atoms in total. The minimum atomic E-state index is -0.194. The van der Waals surface area contributed by atoms with Gasteiger partial charge in [0.15, 0.2) is 0 Å². The first-order valence-electron chi connectivity index (χ1n) is 17.5. The fourth-order valence-electron chi connectivity index (χ4n) is 6.91. The van der Waals surface area contributed by atoms with E-state index < -0.39 is 0 Å². The van der Waals surface area contributed by atoms with Gasteiger partial charge in [0.1, 0.15) is 11.4 Å². The van der Waals surface area contributed by atoms with Gasteiger partial charge < -0.3 is 9.40 Å². The van der Waals surface area contributed by atoms with Crippen LogP contribution in [0.1, 0.15) is 68.4 Å². The zero-order chi connectivity index (χ0) is 36.0. The minimum absolute atomic E-state index is 0. The van der Waals surface area contributed by atoms with Gasteiger partial charge in [0.05, 0.1) is 16.6 Å². The maximum atomic E-state index is 15.0. The number of pyridine rings is 1. The Kier molecular flexibility index (Phi) is 10.5. The van der Waals surface area contributed by atoms with Gasteiger partial charge in [0.25, 0.3) is 0 Å². The largest absolute Gasteiger partial charge is 0.501 e. The second-order valence-electron chi connectivity index (χ2n) is 15.1. The zero-order valence-electron chi connectivity index (χ0n) is 30.9. The molecular formula is C46H42FIrN3O-2. The molecule has 5 aromatic carbocycles. The maximum Gasteiger partial charge on any atom is 0.126 e. The molecule has 0 amide bonds. The smallest absolute Gasteiger partial charge is 0.126 e. The zero-order valence-corrected chi connectivity index (χ0v) is 33.3. The van der Waals surface area contributed by atoms with E-state index in [2.05, 4.69) is 107 Å². The number of rotatable bonds is 4. The number of para-hydroxylation sites is 2. The summed E-state index contributed by atoms with van der Waals surface area (Å²) in [4.78, 5) is 14.1. The van der Waals surface area contributed by atoms with Gasteiger partial charge in [-0.15, -0.1) is 52.6 Å². The van der Waals surface area contributed by atoms with E-state index in [1.165, 1.54) is 11.1 Å². The van der Waals surface area contributed by atoms with Gasteiger partial charge in [-0.2, -0.15) is 0 Å². The Balaban J connectivity index is 0.000000186. The third-order valence-corrected chi connectivity index (χ3v) is 9.08. The van der Waals surface area contributed by atoms with E-state index in [1.54, 1.807) is 12.3 Å². The molecule has 1 radical (unpaired) electrons. The first kappa shape index (κ1) is 37.0. The quantitative estimate of drug-likeness (QED) is 0.165.